The van der Waals surface area contributed by atoms with Gasteiger partial charge >= 0.3 is 0 Å². The maximum absolute atomic E-state index is 6.74. The van der Waals surface area contributed by atoms with Crippen molar-refractivity contribution in [2.24, 2.45) is 0 Å². The molecule has 0 amide bonds. The fourth-order valence-electron chi connectivity index (χ4n) is 5.56. The van der Waals surface area contributed by atoms with Crippen molar-refractivity contribution in [2.45, 2.75) is 70.1 Å². The topological polar surface area (TPSA) is 21.3 Å². The summed E-state index contributed by atoms with van der Waals surface area (Å²) in [4.78, 5) is 0. The molecule has 2 aliphatic rings. The largest absolute Gasteiger partial charge is 0.487 e. The van der Waals surface area contributed by atoms with E-state index in [9.17, 15) is 0 Å². The molecule has 156 valence electrons. The summed E-state index contributed by atoms with van der Waals surface area (Å²) < 4.78 is 6.74. The fourth-order valence-corrected chi connectivity index (χ4v) is 5.85. The van der Waals surface area contributed by atoms with E-state index in [-0.39, 0.29) is 17.7 Å². The summed E-state index contributed by atoms with van der Waals surface area (Å²) in [6.07, 6.45) is 7.14. The van der Waals surface area contributed by atoms with Crippen molar-refractivity contribution in [1.29, 1.82) is 0 Å². The monoisotopic (exact) mass is 419 g/mol. The van der Waals surface area contributed by atoms with Crippen LogP contribution in [0.2, 0.25) is 5.02 Å². The zero-order valence-corrected chi connectivity index (χ0v) is 18.6. The molecule has 1 aliphatic heterocycles. The predicted octanol–water partition coefficient (Wildman–Crippen LogP) is 7.68. The molecular weight excluding hydrogens is 390 g/mol. The zero-order valence-electron chi connectivity index (χ0n) is 17.9. The van der Waals surface area contributed by atoms with E-state index in [2.05, 4.69) is 67.7 Å². The molecule has 5 rings (SSSR count). The Labute approximate surface area is 184 Å². The van der Waals surface area contributed by atoms with E-state index >= 15 is 0 Å². The van der Waals surface area contributed by atoms with Gasteiger partial charge in [0, 0.05) is 29.1 Å². The molecule has 1 heterocycles. The molecule has 30 heavy (non-hydrogen) atoms. The van der Waals surface area contributed by atoms with Gasteiger partial charge in [-0.1, -0.05) is 60.5 Å². The van der Waals surface area contributed by atoms with E-state index in [1.165, 1.54) is 41.2 Å². The maximum Gasteiger partial charge on any atom is 0.127 e. The summed E-state index contributed by atoms with van der Waals surface area (Å²) in [6, 6.07) is 19.9. The number of benzene rings is 3. The molecule has 1 fully saturated rings. The van der Waals surface area contributed by atoms with Crippen LogP contribution in [-0.2, 0) is 0 Å². The average molecular weight is 420 g/mol. The maximum atomic E-state index is 6.74. The van der Waals surface area contributed by atoms with Crippen LogP contribution >= 0.6 is 11.6 Å². The first-order chi connectivity index (χ1) is 14.5. The van der Waals surface area contributed by atoms with Gasteiger partial charge in [-0.2, -0.15) is 0 Å². The highest BCUT2D eigenvalue weighted by Gasteiger charge is 2.42. The van der Waals surface area contributed by atoms with Crippen LogP contribution in [0.4, 0.5) is 0 Å². The molecule has 2 atom stereocenters. The molecule has 1 N–H and O–H groups in total. The summed E-state index contributed by atoms with van der Waals surface area (Å²) in [6.45, 7) is 4.40. The van der Waals surface area contributed by atoms with Crippen molar-refractivity contribution in [1.82, 2.24) is 5.32 Å². The van der Waals surface area contributed by atoms with E-state index in [1.54, 1.807) is 0 Å². The van der Waals surface area contributed by atoms with Gasteiger partial charge in [0.05, 0.1) is 0 Å². The number of hydrogen-bond acceptors (Lipinski definition) is 2. The van der Waals surface area contributed by atoms with Gasteiger partial charge in [0.2, 0.25) is 0 Å². The highest BCUT2D eigenvalue weighted by molar-refractivity contribution is 6.30. The van der Waals surface area contributed by atoms with Crippen molar-refractivity contribution in [3.05, 3.63) is 76.3 Å². The van der Waals surface area contributed by atoms with E-state index < -0.39 is 0 Å². The van der Waals surface area contributed by atoms with Gasteiger partial charge in [-0.15, -0.1) is 0 Å². The molecule has 2 nitrogen and oxygen atoms in total. The summed E-state index contributed by atoms with van der Waals surface area (Å²) in [5.41, 5.74) is 3.66. The Morgan fingerprint density at radius 1 is 1.03 bits per heavy atom. The zero-order chi connectivity index (χ0) is 20.7. The lowest BCUT2D eigenvalue weighted by atomic mass is 9.76. The quantitative estimate of drug-likeness (QED) is 0.470. The van der Waals surface area contributed by atoms with Crippen LogP contribution in [0, 0.1) is 6.92 Å². The van der Waals surface area contributed by atoms with E-state index in [0.717, 1.165) is 35.6 Å². The summed E-state index contributed by atoms with van der Waals surface area (Å²) in [5, 5.41) is 7.37. The molecule has 0 aromatic heterocycles. The number of halogens is 1. The molecule has 1 spiro atoms. The third-order valence-corrected chi connectivity index (χ3v) is 7.26. The van der Waals surface area contributed by atoms with Crippen molar-refractivity contribution < 1.29 is 4.74 Å². The second-order valence-electron chi connectivity index (χ2n) is 9.20. The van der Waals surface area contributed by atoms with Crippen LogP contribution in [0.15, 0.2) is 54.6 Å². The molecule has 3 heteroatoms. The van der Waals surface area contributed by atoms with E-state index in [4.69, 9.17) is 16.3 Å². The number of fused-ring (bicyclic) bond motifs is 2. The Morgan fingerprint density at radius 2 is 1.80 bits per heavy atom. The van der Waals surface area contributed by atoms with Crippen molar-refractivity contribution in [3.8, 4) is 5.75 Å². The van der Waals surface area contributed by atoms with Crippen LogP contribution in [0.3, 0.4) is 0 Å². The Bertz CT molecular complexity index is 1060. The number of nitrogens with one attached hydrogen (secondary N) is 1. The second kappa shape index (κ2) is 7.90. The summed E-state index contributed by atoms with van der Waals surface area (Å²) in [5.74, 6) is 1.05. The van der Waals surface area contributed by atoms with E-state index in [1.807, 2.05) is 6.07 Å². The van der Waals surface area contributed by atoms with Crippen molar-refractivity contribution >= 4 is 22.4 Å². The van der Waals surface area contributed by atoms with Crippen LogP contribution in [0.1, 0.15) is 74.2 Å². The van der Waals surface area contributed by atoms with Crippen LogP contribution in [-0.4, -0.2) is 5.60 Å². The Kier molecular flexibility index (Phi) is 5.24. The van der Waals surface area contributed by atoms with Crippen LogP contribution in [0.25, 0.3) is 10.8 Å². The van der Waals surface area contributed by atoms with Gasteiger partial charge in [-0.3, -0.25) is 0 Å². The first kappa shape index (κ1) is 19.9. The number of hydrogen-bond donors (Lipinski definition) is 1. The fraction of sp³-hybridized carbons (Fsp3) is 0.407. The van der Waals surface area contributed by atoms with Crippen LogP contribution in [0.5, 0.6) is 5.75 Å². The molecule has 3 aromatic carbocycles. The number of aryl methyl sites for hydroxylation is 1. The van der Waals surface area contributed by atoms with Gasteiger partial charge in [0.1, 0.15) is 11.4 Å². The van der Waals surface area contributed by atoms with Crippen molar-refractivity contribution in [3.63, 3.8) is 0 Å². The molecule has 0 bridgehead atoms. The smallest absolute Gasteiger partial charge is 0.127 e. The summed E-state index contributed by atoms with van der Waals surface area (Å²) >= 11 is 6.47. The second-order valence-corrected chi connectivity index (χ2v) is 9.64. The highest BCUT2D eigenvalue weighted by atomic mass is 35.5. The Hall–Kier alpha value is -2.03. The third kappa shape index (κ3) is 3.61. The number of ether oxygens (including phenoxy) is 1. The van der Waals surface area contributed by atoms with Gasteiger partial charge in [0.15, 0.2) is 0 Å². The van der Waals surface area contributed by atoms with Gasteiger partial charge in [-0.25, -0.2) is 0 Å². The normalized spacial score (nSPS) is 21.2. The van der Waals surface area contributed by atoms with Gasteiger partial charge in [0.25, 0.3) is 0 Å². The molecule has 0 saturated heterocycles. The van der Waals surface area contributed by atoms with Gasteiger partial charge < -0.3 is 10.1 Å². The number of rotatable bonds is 3. The summed E-state index contributed by atoms with van der Waals surface area (Å²) in [7, 11) is 0. The minimum atomic E-state index is -0.0417. The molecule has 1 aliphatic carbocycles. The lowest BCUT2D eigenvalue weighted by molar-refractivity contribution is -0.00451. The van der Waals surface area contributed by atoms with Crippen LogP contribution < -0.4 is 10.1 Å². The minimum absolute atomic E-state index is 0.0417. The molecule has 1 saturated carbocycles. The first-order valence-electron chi connectivity index (χ1n) is 11.3. The molecule has 3 aromatic rings. The van der Waals surface area contributed by atoms with Gasteiger partial charge in [-0.05, 0) is 73.6 Å². The lowest BCUT2D eigenvalue weighted by Crippen LogP contribution is -2.46. The SMILES string of the molecule is Cc1cc(Cl)cc2c1OC1(CCCCC1)CC2NC(C)c1cccc2ccccc12. The molecular formula is C27H30ClNO. The van der Waals surface area contributed by atoms with E-state index in [0.29, 0.717) is 0 Å². The first-order valence-corrected chi connectivity index (χ1v) is 11.7. The minimum Gasteiger partial charge on any atom is -0.487 e. The predicted molar refractivity (Wildman–Crippen MR) is 125 cm³/mol. The highest BCUT2D eigenvalue weighted by Crippen LogP contribution is 2.48. The average Bonchev–Trinajstić information content (AvgIpc) is 2.75. The lowest BCUT2D eigenvalue weighted by Gasteiger charge is -2.46. The Morgan fingerprint density at radius 3 is 2.63 bits per heavy atom. The molecule has 0 radical (unpaired) electrons. The third-order valence-electron chi connectivity index (χ3n) is 7.04. The molecule has 2 unspecified atom stereocenters. The van der Waals surface area contributed by atoms with Crippen molar-refractivity contribution in [2.75, 3.05) is 0 Å². The Balaban J connectivity index is 1.52. The standard InChI is InChI=1S/C27H30ClNO/c1-18-15-21(28)16-24-25(17-27(30-26(18)24)13-6-3-7-14-27)29-19(2)22-12-8-10-20-9-4-5-11-23(20)22/h4-5,8-12,15-16,19,25,29H,3,6-7,13-14,17H2,1-2H3.